The van der Waals surface area contributed by atoms with Crippen LogP contribution in [0.5, 0.6) is 11.5 Å². The Labute approximate surface area is 137 Å². The molecule has 0 spiro atoms. The number of carbonyl (C=O) groups excluding carboxylic acids is 1. The number of benzene rings is 1. The Bertz CT molecular complexity index is 635. The third-order valence-electron chi connectivity index (χ3n) is 2.50. The van der Waals surface area contributed by atoms with Crippen molar-refractivity contribution in [3.63, 3.8) is 0 Å². The van der Waals surface area contributed by atoms with Crippen LogP contribution in [0.2, 0.25) is 0 Å². The van der Waals surface area contributed by atoms with Crippen LogP contribution in [0, 0.1) is 0 Å². The summed E-state index contributed by atoms with van der Waals surface area (Å²) in [5.74, 6) is -0.585. The van der Waals surface area contributed by atoms with E-state index >= 15 is 0 Å². The van der Waals surface area contributed by atoms with Gasteiger partial charge in [-0.1, -0.05) is 17.9 Å². The van der Waals surface area contributed by atoms with Crippen molar-refractivity contribution >= 4 is 12.1 Å². The van der Waals surface area contributed by atoms with Crippen LogP contribution in [0.1, 0.15) is 15.9 Å². The molecular weight excluding hydrogens is 333 g/mol. The van der Waals surface area contributed by atoms with Gasteiger partial charge in [0, 0.05) is 24.2 Å². The minimum absolute atomic E-state index is 0. The third kappa shape index (κ3) is 4.84. The summed E-state index contributed by atoms with van der Waals surface area (Å²) in [6.07, 6.45) is 4.21. The molecule has 7 nitrogen and oxygen atoms in total. The molecule has 1 amide bonds. The fraction of sp³-hybridized carbons (Fsp3) is 0.0714. The van der Waals surface area contributed by atoms with Crippen molar-refractivity contribution in [2.45, 2.75) is 0 Å². The Hall–Kier alpha value is -2.42. The van der Waals surface area contributed by atoms with Crippen molar-refractivity contribution in [1.29, 1.82) is 0 Å². The summed E-state index contributed by atoms with van der Waals surface area (Å²) in [6.45, 7) is 0. The first-order valence-electron chi connectivity index (χ1n) is 5.75. The number of nitrogens with zero attached hydrogens (tertiary/aromatic N) is 3. The molecule has 3 N–H and O–H groups in total. The summed E-state index contributed by atoms with van der Waals surface area (Å²) in [5.41, 5.74) is 4.19. The zero-order valence-corrected chi connectivity index (χ0v) is 12.6. The number of amides is 1. The molecule has 8 heteroatoms. The van der Waals surface area contributed by atoms with Crippen LogP contribution in [0.4, 0.5) is 0 Å². The van der Waals surface area contributed by atoms with Gasteiger partial charge in [-0.25, -0.2) is 0 Å². The van der Waals surface area contributed by atoms with Gasteiger partial charge in [0.25, 0.3) is 0 Å². The first-order valence-corrected chi connectivity index (χ1v) is 5.75. The second kappa shape index (κ2) is 9.50. The van der Waals surface area contributed by atoms with Gasteiger partial charge in [0.1, 0.15) is 5.75 Å². The number of aromatic nitrogens is 1. The van der Waals surface area contributed by atoms with E-state index in [4.69, 9.17) is 4.74 Å². The first kappa shape index (κ1) is 19.6. The third-order valence-corrected chi connectivity index (χ3v) is 2.50. The van der Waals surface area contributed by atoms with Crippen molar-refractivity contribution < 1.29 is 36.9 Å². The van der Waals surface area contributed by atoms with Gasteiger partial charge in [-0.3, -0.25) is 4.98 Å². The minimum atomic E-state index is -0.501. The molecule has 1 heterocycles. The summed E-state index contributed by atoms with van der Waals surface area (Å²) in [7, 11) is 1.41. The molecule has 0 atom stereocenters. The molecule has 1 aromatic carbocycles. The maximum absolute atomic E-state index is 11.8. The maximum Gasteiger partial charge on any atom is 2.00 e. The average Bonchev–Trinajstić information content (AvgIpc) is 2.49. The summed E-state index contributed by atoms with van der Waals surface area (Å²) < 4.78 is 4.90. The van der Waals surface area contributed by atoms with Gasteiger partial charge in [-0.2, -0.15) is 0 Å². The van der Waals surface area contributed by atoms with E-state index in [-0.39, 0.29) is 33.8 Å². The largest absolute Gasteiger partial charge is 2.00 e. The molecule has 2 aromatic rings. The number of para-hydroxylation sites is 1. The predicted octanol–water partition coefficient (Wildman–Crippen LogP) is 0.787. The summed E-state index contributed by atoms with van der Waals surface area (Å²) in [5, 5.41) is 15.4. The molecule has 22 heavy (non-hydrogen) atoms. The van der Waals surface area contributed by atoms with Crippen molar-refractivity contribution in [1.82, 2.24) is 4.98 Å². The molecule has 0 aliphatic rings. The topological polar surface area (TPSA) is 122 Å². The van der Waals surface area contributed by atoms with E-state index in [0.29, 0.717) is 11.1 Å². The van der Waals surface area contributed by atoms with Gasteiger partial charge < -0.3 is 30.6 Å². The molecule has 0 aliphatic heterocycles. The van der Waals surface area contributed by atoms with Crippen LogP contribution in [0.3, 0.4) is 0 Å². The molecule has 0 unspecified atom stereocenters. The van der Waals surface area contributed by atoms with Crippen molar-refractivity contribution in [2.24, 2.45) is 5.10 Å². The van der Waals surface area contributed by atoms with Gasteiger partial charge in [0.15, 0.2) is 0 Å². The summed E-state index contributed by atoms with van der Waals surface area (Å²) in [6, 6.07) is 7.85. The Morgan fingerprint density at radius 1 is 1.32 bits per heavy atom. The Kier molecular flexibility index (Phi) is 8.45. The second-order valence-electron chi connectivity index (χ2n) is 3.76. The van der Waals surface area contributed by atoms with Crippen LogP contribution in [-0.4, -0.2) is 24.2 Å². The minimum Gasteiger partial charge on any atom is -0.870 e. The molecule has 0 saturated carbocycles. The standard InChI is InChI=1S/C14H13N3O3.Co.H2O/c1-20-12-4-2-3-11(13(12)18)9-16-17-14(19)10-5-7-15-8-6-10;;/h2-9H,1H3,(H2,15,16,17,18,19);;1H2/q;+2;/p-1. The summed E-state index contributed by atoms with van der Waals surface area (Å²) in [4.78, 5) is 15.4. The number of hydrogen-bond donors (Lipinski definition) is 0. The normalized spacial score (nSPS) is 9.50. The molecule has 1 aromatic heterocycles. The average molecular weight is 347 g/mol. The van der Waals surface area contributed by atoms with Crippen molar-refractivity contribution in [3.05, 3.63) is 59.3 Å². The number of carbonyl (C=O) groups is 1. The van der Waals surface area contributed by atoms with E-state index in [1.807, 2.05) is 0 Å². The zero-order chi connectivity index (χ0) is 14.4. The second-order valence-corrected chi connectivity index (χ2v) is 3.76. The van der Waals surface area contributed by atoms with E-state index in [9.17, 15) is 9.90 Å². The van der Waals surface area contributed by atoms with Crippen molar-refractivity contribution in [3.8, 4) is 11.5 Å². The van der Waals surface area contributed by atoms with Gasteiger partial charge in [0.05, 0.1) is 13.0 Å². The van der Waals surface area contributed by atoms with E-state index in [1.54, 1.807) is 18.2 Å². The van der Waals surface area contributed by atoms with Gasteiger partial charge in [0.2, 0.25) is 0 Å². The Morgan fingerprint density at radius 2 is 2.00 bits per heavy atom. The van der Waals surface area contributed by atoms with E-state index in [0.717, 1.165) is 0 Å². The Balaban J connectivity index is 0.00000220. The number of methoxy groups -OCH3 is 1. The Morgan fingerprint density at radius 3 is 2.64 bits per heavy atom. The van der Waals surface area contributed by atoms with Crippen LogP contribution < -0.4 is 9.84 Å². The molecular formula is C14H14CoN3O4+. The fourth-order valence-corrected chi connectivity index (χ4v) is 1.49. The smallest absolute Gasteiger partial charge is 0.870 e. The molecule has 0 fully saturated rings. The van der Waals surface area contributed by atoms with Crippen LogP contribution in [0.15, 0.2) is 47.8 Å². The van der Waals surface area contributed by atoms with Gasteiger partial charge in [-0.15, -0.1) is 0 Å². The molecule has 2 rings (SSSR count). The van der Waals surface area contributed by atoms with Crippen LogP contribution in [-0.2, 0) is 22.3 Å². The zero-order valence-electron chi connectivity index (χ0n) is 11.6. The van der Waals surface area contributed by atoms with E-state index in [2.05, 4.69) is 15.5 Å². The van der Waals surface area contributed by atoms with Gasteiger partial charge >= 0.3 is 16.8 Å². The monoisotopic (exact) mass is 347 g/mol. The SMILES string of the molecule is COc1cccc(/C=N/[N-]C(=O)c2ccncc2)c1[O-].[Co+2].[OH3+]. The fourth-order valence-electron chi connectivity index (χ4n) is 1.49. The number of ether oxygens (including phenoxy) is 1. The number of hydrogen-bond acceptors (Lipinski definition) is 5. The van der Waals surface area contributed by atoms with Crippen LogP contribution >= 0.6 is 0 Å². The van der Waals surface area contributed by atoms with Crippen molar-refractivity contribution in [2.75, 3.05) is 7.11 Å². The van der Waals surface area contributed by atoms with Gasteiger partial charge in [-0.05, 0) is 23.8 Å². The first-order chi connectivity index (χ1) is 9.72. The molecule has 1 radical (unpaired) electrons. The summed E-state index contributed by atoms with van der Waals surface area (Å²) >= 11 is 0. The predicted molar refractivity (Wildman–Crippen MR) is 76.8 cm³/mol. The van der Waals surface area contributed by atoms with E-state index < -0.39 is 5.91 Å². The molecule has 0 aliphatic carbocycles. The maximum atomic E-state index is 11.8. The molecule has 0 bridgehead atoms. The molecule has 0 saturated heterocycles. The van der Waals surface area contributed by atoms with Crippen LogP contribution in [0.25, 0.3) is 5.43 Å². The number of rotatable bonds is 4. The quantitative estimate of drug-likeness (QED) is 0.461. The van der Waals surface area contributed by atoms with E-state index in [1.165, 1.54) is 37.9 Å². The molecule has 117 valence electrons. The number of pyridine rings is 1.